The number of unbranched alkanes of at least 4 members (excludes halogenated alkanes) is 5. The van der Waals surface area contributed by atoms with E-state index < -0.39 is 12.1 Å². The molecule has 0 spiro atoms. The van der Waals surface area contributed by atoms with Gasteiger partial charge in [-0.3, -0.25) is 9.59 Å². The van der Waals surface area contributed by atoms with E-state index in [1.54, 1.807) is 6.08 Å². The van der Waals surface area contributed by atoms with E-state index in [1.165, 1.54) is 39.7 Å². The second-order valence-electron chi connectivity index (χ2n) is 5.35. The minimum absolute atomic E-state index is 0.224. The molecule has 0 aliphatic rings. The monoisotopic (exact) mass is 332 g/mol. The third-order valence-electron chi connectivity index (χ3n) is 3.09. The number of carbonyl (C=O) groups is 2. The molecule has 0 bridgehead atoms. The van der Waals surface area contributed by atoms with Gasteiger partial charge in [-0.05, 0) is 42.6 Å². The van der Waals surface area contributed by atoms with Crippen LogP contribution in [-0.4, -0.2) is 31.6 Å². The highest BCUT2D eigenvalue weighted by Crippen LogP contribution is 2.06. The Bertz CT molecular complexity index is 511. The Kier molecular flexibility index (Phi) is 14.5. The first-order valence-electron chi connectivity index (χ1n) is 8.47. The number of rotatable bonds is 11. The van der Waals surface area contributed by atoms with Crippen LogP contribution in [0.4, 0.5) is 0 Å². The molecule has 0 aromatic rings. The number of hydrogen-bond acceptors (Lipinski definition) is 4. The van der Waals surface area contributed by atoms with Crippen LogP contribution in [0.1, 0.15) is 58.8 Å². The van der Waals surface area contributed by atoms with Crippen LogP contribution in [0.15, 0.2) is 12.2 Å². The Hall–Kier alpha value is -2.04. The maximum Gasteiger partial charge on any atom is 0.304 e. The number of carbonyl (C=O) groups excluding carboxylic acids is 2. The van der Waals surface area contributed by atoms with Gasteiger partial charge in [0.1, 0.15) is 0 Å². The Morgan fingerprint density at radius 3 is 2.54 bits per heavy atom. The minimum Gasteiger partial charge on any atom is -0.445 e. The van der Waals surface area contributed by atoms with Crippen LogP contribution in [0, 0.1) is 23.7 Å². The third kappa shape index (κ3) is 14.9. The molecule has 4 heteroatoms. The van der Waals surface area contributed by atoms with Gasteiger partial charge in [0.25, 0.3) is 0 Å². The summed E-state index contributed by atoms with van der Waals surface area (Å²) < 4.78 is 9.89. The van der Waals surface area contributed by atoms with Crippen molar-refractivity contribution in [2.45, 2.75) is 64.9 Å². The molecule has 0 amide bonds. The van der Waals surface area contributed by atoms with Crippen LogP contribution >= 0.6 is 0 Å². The highest BCUT2D eigenvalue weighted by Gasteiger charge is 2.03. The molecule has 0 aliphatic carbocycles. The molecule has 0 heterocycles. The number of esters is 1. The van der Waals surface area contributed by atoms with E-state index in [0.717, 1.165) is 12.8 Å². The lowest BCUT2D eigenvalue weighted by molar-refractivity contribution is -0.142. The van der Waals surface area contributed by atoms with Crippen LogP contribution in [0.5, 0.6) is 0 Å². The van der Waals surface area contributed by atoms with Crippen molar-refractivity contribution in [2.24, 2.45) is 0 Å². The summed E-state index contributed by atoms with van der Waals surface area (Å²) in [6, 6.07) is 0. The second-order valence-corrected chi connectivity index (χ2v) is 5.35. The zero-order chi connectivity index (χ0) is 18.0. The van der Waals surface area contributed by atoms with Gasteiger partial charge in [-0.15, -0.1) is 0 Å². The molecule has 0 aliphatic heterocycles. The Balaban J connectivity index is 4.37. The number of allylic oxidation sites excluding steroid dienone is 1. The van der Waals surface area contributed by atoms with Gasteiger partial charge in [0.15, 0.2) is 6.10 Å². The fourth-order valence-corrected chi connectivity index (χ4v) is 1.85. The average molecular weight is 332 g/mol. The lowest BCUT2D eigenvalue weighted by atomic mass is 10.1. The smallest absolute Gasteiger partial charge is 0.304 e. The molecule has 1 atom stereocenters. The molecule has 0 saturated carbocycles. The molecule has 1 unspecified atom stereocenters. The summed E-state index contributed by atoms with van der Waals surface area (Å²) in [5.41, 5.74) is 0. The summed E-state index contributed by atoms with van der Waals surface area (Å²) in [6.45, 7) is 3.88. The summed E-state index contributed by atoms with van der Waals surface area (Å²) >= 11 is 0. The average Bonchev–Trinajstić information content (AvgIpc) is 2.55. The zero-order valence-corrected chi connectivity index (χ0v) is 15.0. The fourth-order valence-electron chi connectivity index (χ4n) is 1.85. The molecule has 0 fully saturated rings. The molecule has 0 N–H and O–H groups in total. The molecule has 24 heavy (non-hydrogen) atoms. The molecule has 4 nitrogen and oxygen atoms in total. The van der Waals surface area contributed by atoms with E-state index >= 15 is 0 Å². The zero-order valence-electron chi connectivity index (χ0n) is 15.0. The molecule has 0 aromatic heterocycles. The highest BCUT2D eigenvalue weighted by molar-refractivity contribution is 5.96. The first-order chi connectivity index (χ1) is 11.6. The maximum atomic E-state index is 11.3. The number of ether oxygens (including phenoxy) is 2. The Morgan fingerprint density at radius 1 is 1.12 bits per heavy atom. The predicted molar refractivity (Wildman–Crippen MR) is 95.1 cm³/mol. The van der Waals surface area contributed by atoms with Gasteiger partial charge in [0, 0.05) is 20.5 Å². The van der Waals surface area contributed by atoms with Gasteiger partial charge >= 0.3 is 5.97 Å². The van der Waals surface area contributed by atoms with E-state index in [2.05, 4.69) is 30.6 Å². The van der Waals surface area contributed by atoms with Crippen LogP contribution < -0.4 is 0 Å². The van der Waals surface area contributed by atoms with Crippen LogP contribution in [-0.2, 0) is 19.1 Å². The van der Waals surface area contributed by atoms with Crippen LogP contribution in [0.3, 0.4) is 0 Å². The maximum absolute atomic E-state index is 11.3. The molecule has 0 radical (unpaired) electrons. The Labute approximate surface area is 146 Å². The van der Waals surface area contributed by atoms with Crippen molar-refractivity contribution >= 4 is 11.8 Å². The third-order valence-corrected chi connectivity index (χ3v) is 3.09. The summed E-state index contributed by atoms with van der Waals surface area (Å²) in [7, 11) is 1.53. The largest absolute Gasteiger partial charge is 0.445 e. The SMILES string of the molecule is CCCCCCC/C=C\C(C#CC#CC(=O)CCOC)OC(C)=O. The number of hydrogen-bond donors (Lipinski definition) is 0. The molecular weight excluding hydrogens is 304 g/mol. The van der Waals surface area contributed by atoms with Gasteiger partial charge in [-0.1, -0.05) is 38.7 Å². The Morgan fingerprint density at radius 2 is 1.88 bits per heavy atom. The van der Waals surface area contributed by atoms with Crippen molar-refractivity contribution in [1.82, 2.24) is 0 Å². The van der Waals surface area contributed by atoms with Gasteiger partial charge in [-0.2, -0.15) is 0 Å². The topological polar surface area (TPSA) is 52.6 Å². The standard InChI is InChI=1S/C20H28O4/c1-4-5-6-7-8-9-10-14-20(24-18(2)21)15-12-11-13-19(22)16-17-23-3/h10,14,20H,4-9,16-17H2,1-3H3/b14-10-. The minimum atomic E-state index is -0.624. The first kappa shape index (κ1) is 22.0. The lowest BCUT2D eigenvalue weighted by Gasteiger charge is -2.05. The van der Waals surface area contributed by atoms with E-state index in [4.69, 9.17) is 9.47 Å². The van der Waals surface area contributed by atoms with Crippen LogP contribution in [0.25, 0.3) is 0 Å². The molecule has 0 aromatic carbocycles. The van der Waals surface area contributed by atoms with Crippen molar-refractivity contribution in [3.05, 3.63) is 12.2 Å². The van der Waals surface area contributed by atoms with Gasteiger partial charge in [-0.25, -0.2) is 0 Å². The van der Waals surface area contributed by atoms with Crippen molar-refractivity contribution in [3.63, 3.8) is 0 Å². The van der Waals surface area contributed by atoms with E-state index in [0.29, 0.717) is 6.61 Å². The summed E-state index contributed by atoms with van der Waals surface area (Å²) in [4.78, 5) is 22.4. The van der Waals surface area contributed by atoms with E-state index in [1.807, 2.05) is 6.08 Å². The first-order valence-corrected chi connectivity index (χ1v) is 8.47. The molecule has 132 valence electrons. The van der Waals surface area contributed by atoms with Crippen molar-refractivity contribution < 1.29 is 19.1 Å². The van der Waals surface area contributed by atoms with E-state index in [-0.39, 0.29) is 12.2 Å². The highest BCUT2D eigenvalue weighted by atomic mass is 16.5. The van der Waals surface area contributed by atoms with Crippen molar-refractivity contribution in [3.8, 4) is 23.7 Å². The number of methoxy groups -OCH3 is 1. The van der Waals surface area contributed by atoms with Gasteiger partial charge in [0.2, 0.25) is 5.78 Å². The molecular formula is C20H28O4. The second kappa shape index (κ2) is 15.8. The summed E-state index contributed by atoms with van der Waals surface area (Å²) in [5, 5.41) is 0. The van der Waals surface area contributed by atoms with Gasteiger partial charge < -0.3 is 9.47 Å². The lowest BCUT2D eigenvalue weighted by Crippen LogP contribution is -2.11. The summed E-state index contributed by atoms with van der Waals surface area (Å²) in [6.07, 6.45) is 10.4. The number of Topliss-reactive ketones (excluding diaryl/α,β-unsaturated/α-hetero) is 1. The van der Waals surface area contributed by atoms with Crippen LogP contribution in [0.2, 0.25) is 0 Å². The fraction of sp³-hybridized carbons (Fsp3) is 0.600. The normalized spacial score (nSPS) is 11.1. The predicted octanol–water partition coefficient (Wildman–Crippen LogP) is 3.45. The van der Waals surface area contributed by atoms with E-state index in [9.17, 15) is 9.59 Å². The molecule has 0 rings (SSSR count). The van der Waals surface area contributed by atoms with Crippen molar-refractivity contribution in [1.29, 1.82) is 0 Å². The molecule has 0 saturated heterocycles. The quantitative estimate of drug-likeness (QED) is 0.191. The van der Waals surface area contributed by atoms with Gasteiger partial charge in [0.05, 0.1) is 6.61 Å². The van der Waals surface area contributed by atoms with Crippen molar-refractivity contribution in [2.75, 3.05) is 13.7 Å². The summed E-state index contributed by atoms with van der Waals surface area (Å²) in [5.74, 6) is 9.58. The number of ketones is 1.